The van der Waals surface area contributed by atoms with Crippen molar-refractivity contribution in [1.82, 2.24) is 4.90 Å². The maximum absolute atomic E-state index is 14.0. The summed E-state index contributed by atoms with van der Waals surface area (Å²) in [5.74, 6) is -0.139. The molecule has 38 heavy (non-hydrogen) atoms. The zero-order valence-corrected chi connectivity index (χ0v) is 22.9. The van der Waals surface area contributed by atoms with Gasteiger partial charge in [0.1, 0.15) is 5.54 Å². The van der Waals surface area contributed by atoms with Crippen molar-refractivity contribution in [2.75, 3.05) is 6.54 Å². The molecular formula is C34H26BrNO2. The Morgan fingerprint density at radius 1 is 0.711 bits per heavy atom. The van der Waals surface area contributed by atoms with Crippen LogP contribution in [0.15, 0.2) is 113 Å². The maximum atomic E-state index is 14.0. The zero-order chi connectivity index (χ0) is 26.2. The van der Waals surface area contributed by atoms with Gasteiger partial charge in [-0.15, -0.1) is 0 Å². The van der Waals surface area contributed by atoms with Crippen LogP contribution in [0.2, 0.25) is 0 Å². The largest absolute Gasteiger partial charge is 0.353 e. The van der Waals surface area contributed by atoms with Gasteiger partial charge in [0, 0.05) is 23.5 Å². The van der Waals surface area contributed by atoms with Crippen LogP contribution in [-0.2, 0) is 27.0 Å². The zero-order valence-electron chi connectivity index (χ0n) is 21.3. The number of rotatable bonds is 3. The maximum Gasteiger partial charge on any atom is 0.176 e. The Morgan fingerprint density at radius 3 is 1.84 bits per heavy atom. The third-order valence-electron chi connectivity index (χ3n) is 8.74. The average Bonchev–Trinajstić information content (AvgIpc) is 3.39. The first-order chi connectivity index (χ1) is 18.4. The summed E-state index contributed by atoms with van der Waals surface area (Å²) in [7, 11) is 0. The second-order valence-electron chi connectivity index (χ2n) is 10.5. The van der Waals surface area contributed by atoms with Crippen molar-refractivity contribution < 1.29 is 9.59 Å². The van der Waals surface area contributed by atoms with Crippen molar-refractivity contribution in [3.63, 3.8) is 0 Å². The molecule has 0 radical (unpaired) electrons. The fraction of sp³-hybridized carbons (Fsp3) is 0.176. The number of fused-ring (bicyclic) bond motifs is 9. The third kappa shape index (κ3) is 2.64. The molecule has 3 nitrogen and oxygen atoms in total. The third-order valence-corrected chi connectivity index (χ3v) is 9.27. The minimum Gasteiger partial charge on any atom is -0.353 e. The van der Waals surface area contributed by atoms with Gasteiger partial charge in [-0.3, -0.25) is 9.59 Å². The minimum absolute atomic E-state index is 0.0647. The molecule has 0 aromatic heterocycles. The van der Waals surface area contributed by atoms with Crippen molar-refractivity contribution in [2.24, 2.45) is 0 Å². The topological polar surface area (TPSA) is 37.4 Å². The number of benzene rings is 4. The average molecular weight is 560 g/mol. The van der Waals surface area contributed by atoms with Gasteiger partial charge in [-0.25, -0.2) is 0 Å². The molecule has 1 aliphatic carbocycles. The van der Waals surface area contributed by atoms with Crippen LogP contribution in [0.3, 0.4) is 0 Å². The van der Waals surface area contributed by atoms with E-state index in [1.165, 1.54) is 5.56 Å². The number of hydrogen-bond donors (Lipinski definition) is 0. The van der Waals surface area contributed by atoms with E-state index < -0.39 is 11.0 Å². The summed E-state index contributed by atoms with van der Waals surface area (Å²) >= 11 is 3.64. The first-order valence-electron chi connectivity index (χ1n) is 13.0. The molecule has 0 saturated heterocycles. The molecule has 4 heteroatoms. The highest BCUT2D eigenvalue weighted by Crippen LogP contribution is 2.70. The van der Waals surface area contributed by atoms with Gasteiger partial charge in [0.2, 0.25) is 0 Å². The summed E-state index contributed by atoms with van der Waals surface area (Å²) in [6.07, 6.45) is 0.801. The van der Waals surface area contributed by atoms with E-state index in [0.29, 0.717) is 17.8 Å². The van der Waals surface area contributed by atoms with E-state index in [1.807, 2.05) is 0 Å². The summed E-state index contributed by atoms with van der Waals surface area (Å²) in [6.45, 7) is 3.88. The van der Waals surface area contributed by atoms with E-state index in [2.05, 4.69) is 118 Å². The summed E-state index contributed by atoms with van der Waals surface area (Å²) < 4.78 is 0.985. The molecule has 4 aromatic carbocycles. The summed E-state index contributed by atoms with van der Waals surface area (Å²) in [4.78, 5) is 29.9. The van der Waals surface area contributed by atoms with Gasteiger partial charge >= 0.3 is 0 Å². The van der Waals surface area contributed by atoms with Crippen molar-refractivity contribution in [3.8, 4) is 11.1 Å². The molecule has 0 fully saturated rings. The van der Waals surface area contributed by atoms with Crippen LogP contribution in [0.1, 0.15) is 41.7 Å². The number of carbonyl (C=O) groups excluding carboxylic acids is 2. The molecule has 1 spiro atoms. The normalized spacial score (nSPS) is 20.1. The van der Waals surface area contributed by atoms with Crippen LogP contribution in [-0.4, -0.2) is 23.0 Å². The minimum atomic E-state index is -0.905. The monoisotopic (exact) mass is 559 g/mol. The van der Waals surface area contributed by atoms with Gasteiger partial charge in [0.25, 0.3) is 0 Å². The predicted molar refractivity (Wildman–Crippen MR) is 153 cm³/mol. The first kappa shape index (κ1) is 23.4. The van der Waals surface area contributed by atoms with Gasteiger partial charge in [-0.1, -0.05) is 101 Å². The smallest absolute Gasteiger partial charge is 0.176 e. The van der Waals surface area contributed by atoms with Crippen LogP contribution in [0.4, 0.5) is 0 Å². The van der Waals surface area contributed by atoms with Gasteiger partial charge in [-0.2, -0.15) is 0 Å². The number of ketones is 2. The highest BCUT2D eigenvalue weighted by atomic mass is 79.9. The lowest BCUT2D eigenvalue weighted by Gasteiger charge is -2.55. The Labute approximate surface area is 230 Å². The predicted octanol–water partition coefficient (Wildman–Crippen LogP) is 6.96. The van der Waals surface area contributed by atoms with E-state index in [0.717, 1.165) is 44.3 Å². The van der Waals surface area contributed by atoms with Gasteiger partial charge in [0.05, 0.1) is 11.1 Å². The lowest BCUT2D eigenvalue weighted by atomic mass is 9.54. The molecule has 2 heterocycles. The molecule has 3 aliphatic rings. The summed E-state index contributed by atoms with van der Waals surface area (Å²) in [6, 6.07) is 33.9. The Kier molecular flexibility index (Phi) is 4.99. The van der Waals surface area contributed by atoms with Crippen LogP contribution >= 0.6 is 15.9 Å². The molecule has 0 N–H and O–H groups in total. The lowest BCUT2D eigenvalue weighted by molar-refractivity contribution is -0.117. The number of nitrogens with zero attached hydrogens (tertiary/aromatic N) is 1. The van der Waals surface area contributed by atoms with Crippen molar-refractivity contribution in [1.29, 1.82) is 0 Å². The van der Waals surface area contributed by atoms with Gasteiger partial charge < -0.3 is 4.90 Å². The highest BCUT2D eigenvalue weighted by molar-refractivity contribution is 9.10. The van der Waals surface area contributed by atoms with Gasteiger partial charge in [0.15, 0.2) is 11.6 Å². The first-order valence-corrected chi connectivity index (χ1v) is 13.8. The fourth-order valence-electron chi connectivity index (χ4n) is 7.72. The quantitative estimate of drug-likeness (QED) is 0.272. The number of allylic oxidation sites excluding steroid dienone is 1. The van der Waals surface area contributed by atoms with Crippen molar-refractivity contribution in [2.45, 2.75) is 31.2 Å². The van der Waals surface area contributed by atoms with E-state index in [4.69, 9.17) is 0 Å². The number of carbonyl (C=O) groups is 2. The number of hydrogen-bond acceptors (Lipinski definition) is 3. The van der Waals surface area contributed by atoms with Crippen LogP contribution in [0.25, 0.3) is 11.1 Å². The molecular weight excluding hydrogens is 534 g/mol. The second-order valence-corrected chi connectivity index (χ2v) is 11.4. The molecule has 186 valence electrons. The van der Waals surface area contributed by atoms with E-state index in [9.17, 15) is 9.59 Å². The standard InChI is InChI=1S/C34H26BrNO2/c1-21(37)31-32(22(2)38)36-20-19-23-9-3-6-12-28(23)34(36,24-15-17-25(35)18-16-24)33(31)29-13-7-4-10-26(29)27-11-5-8-14-30(27)33/h3-18H,19-20H2,1-2H3. The Hall–Kier alpha value is -3.76. The fourth-order valence-corrected chi connectivity index (χ4v) is 7.99. The second kappa shape index (κ2) is 8.12. The lowest BCUT2D eigenvalue weighted by Crippen LogP contribution is -2.59. The van der Waals surface area contributed by atoms with E-state index >= 15 is 0 Å². The molecule has 1 unspecified atom stereocenters. The Bertz CT molecular complexity index is 1650. The number of halogens is 1. The molecule has 0 amide bonds. The molecule has 0 bridgehead atoms. The van der Waals surface area contributed by atoms with Crippen LogP contribution < -0.4 is 0 Å². The Morgan fingerprint density at radius 2 is 1.26 bits per heavy atom. The highest BCUT2D eigenvalue weighted by Gasteiger charge is 2.71. The summed E-state index contributed by atoms with van der Waals surface area (Å²) in [5.41, 5.74) is 7.26. The molecule has 1 atom stereocenters. The van der Waals surface area contributed by atoms with E-state index in [-0.39, 0.29) is 11.6 Å². The van der Waals surface area contributed by atoms with E-state index in [1.54, 1.807) is 13.8 Å². The van der Waals surface area contributed by atoms with Crippen molar-refractivity contribution in [3.05, 3.63) is 141 Å². The van der Waals surface area contributed by atoms with Crippen LogP contribution in [0, 0.1) is 0 Å². The molecule has 0 saturated carbocycles. The molecule has 2 aliphatic heterocycles. The molecule has 7 rings (SSSR count). The molecule has 4 aromatic rings. The van der Waals surface area contributed by atoms with Gasteiger partial charge in [-0.05, 0) is 64.4 Å². The Balaban J connectivity index is 1.79. The number of Topliss-reactive ketones (excluding diaryl/α,β-unsaturated/α-hetero) is 2. The summed E-state index contributed by atoms with van der Waals surface area (Å²) in [5, 5.41) is 0. The van der Waals surface area contributed by atoms with Crippen LogP contribution in [0.5, 0.6) is 0 Å². The SMILES string of the molecule is CC(=O)C1=C(C(C)=O)C2(c3ccccc3-c3ccccc32)C2(c3ccc(Br)cc3)c3ccccc3CCN12. The van der Waals surface area contributed by atoms with Crippen molar-refractivity contribution >= 4 is 27.5 Å².